The number of hydrogen-bond acceptors (Lipinski definition) is 0. The first kappa shape index (κ1) is 10.9. The summed E-state index contributed by atoms with van der Waals surface area (Å²) in [6, 6.07) is 6.64. The van der Waals surface area contributed by atoms with E-state index in [1.54, 1.807) is 0 Å². The van der Waals surface area contributed by atoms with E-state index in [0.717, 1.165) is 0 Å². The molecule has 1 aliphatic rings. The highest BCUT2D eigenvalue weighted by atomic mass is 14.4. The molecule has 0 bridgehead atoms. The van der Waals surface area contributed by atoms with Gasteiger partial charge in [0, 0.05) is 5.41 Å². The summed E-state index contributed by atoms with van der Waals surface area (Å²) in [7, 11) is 0. The molecule has 0 radical (unpaired) electrons. The lowest BCUT2D eigenvalue weighted by molar-refractivity contribution is 0.654. The van der Waals surface area contributed by atoms with Crippen LogP contribution >= 0.6 is 0 Å². The van der Waals surface area contributed by atoms with E-state index in [2.05, 4.69) is 52.1 Å². The van der Waals surface area contributed by atoms with Crippen LogP contribution in [0.2, 0.25) is 0 Å². The lowest BCUT2D eigenvalue weighted by atomic mass is 9.81. The maximum atomic E-state index is 3.94. The highest BCUT2D eigenvalue weighted by molar-refractivity contribution is 5.87. The molecule has 0 N–H and O–H groups in total. The first-order chi connectivity index (χ1) is 7.52. The Morgan fingerprint density at radius 1 is 1.12 bits per heavy atom. The van der Waals surface area contributed by atoms with E-state index in [0.29, 0.717) is 0 Å². The molecule has 0 spiro atoms. The van der Waals surface area contributed by atoms with Crippen molar-refractivity contribution in [3.05, 3.63) is 65.8 Å². The molecule has 1 aromatic rings. The molecular weight excluding hydrogens is 192 g/mol. The third kappa shape index (κ3) is 1.30. The second-order valence-corrected chi connectivity index (χ2v) is 4.91. The van der Waals surface area contributed by atoms with Crippen LogP contribution in [0.3, 0.4) is 0 Å². The Balaban J connectivity index is 2.80. The minimum Gasteiger partial charge on any atom is -0.0987 e. The smallest absolute Gasteiger partial charge is 0.0158 e. The van der Waals surface area contributed by atoms with Gasteiger partial charge in [0.1, 0.15) is 0 Å². The van der Waals surface area contributed by atoms with Gasteiger partial charge in [0.2, 0.25) is 0 Å². The average molecular weight is 210 g/mol. The number of benzene rings is 1. The molecule has 0 aliphatic heterocycles. The minimum atomic E-state index is 0.0499. The van der Waals surface area contributed by atoms with Gasteiger partial charge in [0.15, 0.2) is 0 Å². The van der Waals surface area contributed by atoms with Gasteiger partial charge in [-0.2, -0.15) is 0 Å². The number of aryl methyl sites for hydroxylation is 1. The van der Waals surface area contributed by atoms with E-state index in [1.807, 2.05) is 12.2 Å². The average Bonchev–Trinajstić information content (AvgIpc) is 2.45. The van der Waals surface area contributed by atoms with Crippen molar-refractivity contribution in [2.45, 2.75) is 26.2 Å². The summed E-state index contributed by atoms with van der Waals surface area (Å²) in [6.07, 6.45) is 3.91. The molecule has 2 rings (SSSR count). The van der Waals surface area contributed by atoms with Crippen molar-refractivity contribution in [3.8, 4) is 0 Å². The van der Waals surface area contributed by atoms with Crippen molar-refractivity contribution in [1.29, 1.82) is 0 Å². The molecule has 0 heteroatoms. The molecule has 0 unspecified atom stereocenters. The molecule has 0 heterocycles. The van der Waals surface area contributed by atoms with Gasteiger partial charge >= 0.3 is 0 Å². The largest absolute Gasteiger partial charge is 0.0987 e. The third-order valence-electron chi connectivity index (χ3n) is 3.51. The maximum absolute atomic E-state index is 3.94. The van der Waals surface area contributed by atoms with Crippen LogP contribution in [0.15, 0.2) is 49.1 Å². The van der Waals surface area contributed by atoms with Gasteiger partial charge in [-0.15, -0.1) is 0 Å². The molecule has 0 saturated heterocycles. The van der Waals surface area contributed by atoms with E-state index in [9.17, 15) is 0 Å². The van der Waals surface area contributed by atoms with Crippen LogP contribution < -0.4 is 0 Å². The molecular formula is C16H18. The molecule has 82 valence electrons. The highest BCUT2D eigenvalue weighted by Gasteiger charge is 2.34. The molecule has 0 nitrogen and oxygen atoms in total. The fraction of sp³-hybridized carbons (Fsp3) is 0.250. The van der Waals surface area contributed by atoms with Crippen molar-refractivity contribution in [3.63, 3.8) is 0 Å². The molecule has 0 aromatic heterocycles. The quantitative estimate of drug-likeness (QED) is 0.678. The van der Waals surface area contributed by atoms with E-state index in [-0.39, 0.29) is 5.41 Å². The van der Waals surface area contributed by atoms with E-state index in [4.69, 9.17) is 0 Å². The predicted octanol–water partition coefficient (Wildman–Crippen LogP) is 4.41. The van der Waals surface area contributed by atoms with Crippen LogP contribution in [0.5, 0.6) is 0 Å². The zero-order valence-corrected chi connectivity index (χ0v) is 10.3. The molecule has 0 atom stereocenters. The van der Waals surface area contributed by atoms with Gasteiger partial charge < -0.3 is 0 Å². The minimum absolute atomic E-state index is 0.0499. The monoisotopic (exact) mass is 210 g/mol. The molecule has 16 heavy (non-hydrogen) atoms. The Labute approximate surface area is 98.0 Å². The Morgan fingerprint density at radius 3 is 2.38 bits per heavy atom. The summed E-state index contributed by atoms with van der Waals surface area (Å²) < 4.78 is 0. The number of allylic oxidation sites excluding steroid dienone is 4. The van der Waals surface area contributed by atoms with Gasteiger partial charge in [-0.3, -0.25) is 0 Å². The maximum Gasteiger partial charge on any atom is 0.0158 e. The normalized spacial score (nSPS) is 17.2. The zero-order chi connectivity index (χ0) is 11.9. The van der Waals surface area contributed by atoms with Gasteiger partial charge in [-0.25, -0.2) is 0 Å². The van der Waals surface area contributed by atoms with Crippen LogP contribution in [0.4, 0.5) is 0 Å². The molecule has 1 aromatic carbocycles. The molecule has 1 aliphatic carbocycles. The summed E-state index contributed by atoms with van der Waals surface area (Å²) in [6.45, 7) is 14.5. The van der Waals surface area contributed by atoms with Gasteiger partial charge in [0.25, 0.3) is 0 Å². The first-order valence-corrected chi connectivity index (χ1v) is 5.63. The van der Waals surface area contributed by atoms with Crippen molar-refractivity contribution in [1.82, 2.24) is 0 Å². The molecule has 0 saturated carbocycles. The van der Waals surface area contributed by atoms with Crippen molar-refractivity contribution in [2.75, 3.05) is 0 Å². The fourth-order valence-corrected chi connectivity index (χ4v) is 2.64. The van der Waals surface area contributed by atoms with Crippen LogP contribution in [0, 0.1) is 6.92 Å². The molecule has 0 fully saturated rings. The van der Waals surface area contributed by atoms with Crippen LogP contribution in [-0.2, 0) is 5.41 Å². The van der Waals surface area contributed by atoms with Gasteiger partial charge in [-0.05, 0) is 29.2 Å². The van der Waals surface area contributed by atoms with E-state index < -0.39 is 0 Å². The highest BCUT2D eigenvalue weighted by Crippen LogP contribution is 2.47. The summed E-state index contributed by atoms with van der Waals surface area (Å²) in [5, 5.41) is 0. The van der Waals surface area contributed by atoms with Crippen LogP contribution in [0.1, 0.15) is 30.5 Å². The van der Waals surface area contributed by atoms with Crippen LogP contribution in [-0.4, -0.2) is 0 Å². The zero-order valence-electron chi connectivity index (χ0n) is 10.3. The second kappa shape index (κ2) is 3.48. The van der Waals surface area contributed by atoms with Crippen LogP contribution in [0.25, 0.3) is 5.57 Å². The Bertz CT molecular complexity index is 499. The Morgan fingerprint density at radius 2 is 1.81 bits per heavy atom. The second-order valence-electron chi connectivity index (χ2n) is 4.91. The summed E-state index contributed by atoms with van der Waals surface area (Å²) in [5.41, 5.74) is 6.55. The number of hydrogen-bond donors (Lipinski definition) is 0. The number of rotatable bonds is 2. The van der Waals surface area contributed by atoms with E-state index in [1.165, 1.54) is 27.8 Å². The lowest BCUT2D eigenvalue weighted by Gasteiger charge is -2.22. The Hall–Kier alpha value is -1.56. The summed E-state index contributed by atoms with van der Waals surface area (Å²) in [4.78, 5) is 0. The molecule has 0 amide bonds. The SMILES string of the molecule is C=CC1=C(C=C)C(C)(C)c2ccc(C)cc21. The Kier molecular flexibility index (Phi) is 2.38. The van der Waals surface area contributed by atoms with Crippen molar-refractivity contribution >= 4 is 5.57 Å². The first-order valence-electron chi connectivity index (χ1n) is 5.63. The number of fused-ring (bicyclic) bond motifs is 1. The topological polar surface area (TPSA) is 0 Å². The standard InChI is InChI=1S/C16H18/c1-6-12-13-10-11(3)8-9-15(13)16(4,5)14(12)7-2/h6-10H,1-2H2,3-5H3. The lowest BCUT2D eigenvalue weighted by Crippen LogP contribution is -2.15. The van der Waals surface area contributed by atoms with E-state index >= 15 is 0 Å². The van der Waals surface area contributed by atoms with Gasteiger partial charge in [0.05, 0.1) is 0 Å². The summed E-state index contributed by atoms with van der Waals surface area (Å²) >= 11 is 0. The van der Waals surface area contributed by atoms with Gasteiger partial charge in [-0.1, -0.05) is 62.9 Å². The third-order valence-corrected chi connectivity index (χ3v) is 3.51. The predicted molar refractivity (Wildman–Crippen MR) is 71.5 cm³/mol. The summed E-state index contributed by atoms with van der Waals surface area (Å²) in [5.74, 6) is 0. The van der Waals surface area contributed by atoms with Crippen molar-refractivity contribution < 1.29 is 0 Å². The van der Waals surface area contributed by atoms with Crippen molar-refractivity contribution in [2.24, 2.45) is 0 Å². The fourth-order valence-electron chi connectivity index (χ4n) is 2.64.